The van der Waals surface area contributed by atoms with E-state index >= 15 is 0 Å². The third kappa shape index (κ3) is 6.12. The van der Waals surface area contributed by atoms with E-state index in [1.807, 2.05) is 29.9 Å². The van der Waals surface area contributed by atoms with Gasteiger partial charge in [-0.05, 0) is 55.6 Å². The zero-order valence-corrected chi connectivity index (χ0v) is 19.4. The number of hydrogen-bond donors (Lipinski definition) is 0. The van der Waals surface area contributed by atoms with Gasteiger partial charge in [0.1, 0.15) is 30.4 Å². The van der Waals surface area contributed by atoms with E-state index in [1.54, 1.807) is 31.5 Å². The van der Waals surface area contributed by atoms with Crippen molar-refractivity contribution in [1.82, 2.24) is 14.5 Å². The third-order valence-corrected chi connectivity index (χ3v) is 6.37. The molecule has 0 saturated carbocycles. The van der Waals surface area contributed by atoms with Crippen LogP contribution in [-0.2, 0) is 24.9 Å². The summed E-state index contributed by atoms with van der Waals surface area (Å²) in [6, 6.07) is 14.8. The van der Waals surface area contributed by atoms with Crippen LogP contribution in [0.5, 0.6) is 11.5 Å². The van der Waals surface area contributed by atoms with Gasteiger partial charge in [0.15, 0.2) is 11.6 Å². The number of halogens is 1. The van der Waals surface area contributed by atoms with Crippen molar-refractivity contribution in [3.05, 3.63) is 78.1 Å². The quantitative estimate of drug-likeness (QED) is 0.474. The van der Waals surface area contributed by atoms with Gasteiger partial charge in [-0.15, -0.1) is 0 Å². The van der Waals surface area contributed by atoms with Gasteiger partial charge in [-0.2, -0.15) is 0 Å². The van der Waals surface area contributed by atoms with Crippen molar-refractivity contribution in [1.29, 1.82) is 0 Å². The van der Waals surface area contributed by atoms with Crippen LogP contribution in [0.3, 0.4) is 0 Å². The van der Waals surface area contributed by atoms with Crippen LogP contribution in [0.25, 0.3) is 0 Å². The largest absolute Gasteiger partial charge is 0.488 e. The fourth-order valence-electron chi connectivity index (χ4n) is 4.19. The Hall–Kier alpha value is -2.90. The van der Waals surface area contributed by atoms with Gasteiger partial charge in [0.25, 0.3) is 0 Å². The van der Waals surface area contributed by atoms with Crippen LogP contribution < -0.4 is 9.47 Å². The number of aryl methyl sites for hydroxylation is 1. The van der Waals surface area contributed by atoms with E-state index in [4.69, 9.17) is 14.2 Å². The molecule has 3 aromatic rings. The van der Waals surface area contributed by atoms with E-state index in [9.17, 15) is 4.39 Å². The summed E-state index contributed by atoms with van der Waals surface area (Å²) in [6.45, 7) is 3.55. The second-order valence-electron chi connectivity index (χ2n) is 8.62. The lowest BCUT2D eigenvalue weighted by Gasteiger charge is -2.31. The molecule has 1 unspecified atom stereocenters. The number of methoxy groups -OCH3 is 1. The molecule has 0 bridgehead atoms. The number of hydrogen-bond acceptors (Lipinski definition) is 5. The Labute approximate surface area is 194 Å². The summed E-state index contributed by atoms with van der Waals surface area (Å²) in [4.78, 5) is 6.72. The van der Waals surface area contributed by atoms with E-state index in [0.29, 0.717) is 13.2 Å². The van der Waals surface area contributed by atoms with Crippen LogP contribution >= 0.6 is 0 Å². The molecule has 33 heavy (non-hydrogen) atoms. The average Bonchev–Trinajstić information content (AvgIpc) is 3.14. The standard InChI is InChI=1S/C26H32FN3O3/c1-29-17-14-28-25(29)19-32-22-10-8-21(9-11-22)18-30-15-5-12-26(31-2,13-16-30)20-33-24-7-4-3-6-23(24)27/h3-4,6-11,14,17H,5,12-13,15-16,18-20H2,1-2H3. The summed E-state index contributed by atoms with van der Waals surface area (Å²) in [5, 5.41) is 0. The number of imidazole rings is 1. The van der Waals surface area contributed by atoms with Crippen LogP contribution in [0.1, 0.15) is 30.7 Å². The molecule has 1 aliphatic rings. The van der Waals surface area contributed by atoms with Crippen LogP contribution in [0, 0.1) is 5.82 Å². The van der Waals surface area contributed by atoms with E-state index < -0.39 is 5.60 Å². The number of rotatable bonds is 9. The first-order valence-electron chi connectivity index (χ1n) is 11.4. The first-order valence-corrected chi connectivity index (χ1v) is 11.4. The van der Waals surface area contributed by atoms with E-state index in [2.05, 4.69) is 22.0 Å². The predicted molar refractivity (Wildman–Crippen MR) is 125 cm³/mol. The molecule has 1 saturated heterocycles. The molecule has 0 spiro atoms. The fourth-order valence-corrected chi connectivity index (χ4v) is 4.19. The van der Waals surface area contributed by atoms with Gasteiger partial charge in [-0.1, -0.05) is 24.3 Å². The molecule has 176 valence electrons. The fraction of sp³-hybridized carbons (Fsp3) is 0.423. The number of likely N-dealkylation sites (tertiary alicyclic amines) is 1. The van der Waals surface area contributed by atoms with Crippen LogP contribution in [0.2, 0.25) is 0 Å². The molecule has 2 aromatic carbocycles. The lowest BCUT2D eigenvalue weighted by Crippen LogP contribution is -2.39. The Morgan fingerprint density at radius 1 is 1.03 bits per heavy atom. The van der Waals surface area contributed by atoms with Crippen molar-refractivity contribution in [3.8, 4) is 11.5 Å². The highest BCUT2D eigenvalue weighted by molar-refractivity contribution is 5.27. The van der Waals surface area contributed by atoms with Gasteiger partial charge >= 0.3 is 0 Å². The van der Waals surface area contributed by atoms with Crippen molar-refractivity contribution in [2.75, 3.05) is 26.8 Å². The molecule has 4 rings (SSSR count). The molecular weight excluding hydrogens is 421 g/mol. The lowest BCUT2D eigenvalue weighted by molar-refractivity contribution is -0.0548. The SMILES string of the molecule is COC1(COc2ccccc2F)CCCN(Cc2ccc(OCc3nccn3C)cc2)CC1. The van der Waals surface area contributed by atoms with Crippen molar-refractivity contribution in [2.24, 2.45) is 7.05 Å². The summed E-state index contributed by atoms with van der Waals surface area (Å²) in [6.07, 6.45) is 6.40. The Morgan fingerprint density at radius 2 is 1.85 bits per heavy atom. The minimum absolute atomic E-state index is 0.278. The van der Waals surface area contributed by atoms with Crippen molar-refractivity contribution >= 4 is 0 Å². The summed E-state index contributed by atoms with van der Waals surface area (Å²) >= 11 is 0. The van der Waals surface area contributed by atoms with Gasteiger partial charge in [0.05, 0.1) is 0 Å². The number of para-hydroxylation sites is 1. The molecule has 1 aliphatic heterocycles. The van der Waals surface area contributed by atoms with Crippen molar-refractivity contribution in [3.63, 3.8) is 0 Å². The molecule has 2 heterocycles. The number of nitrogens with zero attached hydrogens (tertiary/aromatic N) is 3. The highest BCUT2D eigenvalue weighted by atomic mass is 19.1. The van der Waals surface area contributed by atoms with Crippen LogP contribution in [0.15, 0.2) is 60.9 Å². The predicted octanol–water partition coefficient (Wildman–Crippen LogP) is 4.59. The third-order valence-electron chi connectivity index (χ3n) is 6.37. The Bertz CT molecular complexity index is 1020. The van der Waals surface area contributed by atoms with Crippen LogP contribution in [-0.4, -0.2) is 46.9 Å². The molecule has 1 atom stereocenters. The normalized spacial score (nSPS) is 19.2. The first kappa shape index (κ1) is 23.3. The minimum Gasteiger partial charge on any atom is -0.488 e. The average molecular weight is 454 g/mol. The second-order valence-corrected chi connectivity index (χ2v) is 8.62. The Kier molecular flexibility index (Phi) is 7.62. The van der Waals surface area contributed by atoms with Crippen LogP contribution in [0.4, 0.5) is 4.39 Å². The molecule has 1 fully saturated rings. The smallest absolute Gasteiger partial charge is 0.165 e. The maximum absolute atomic E-state index is 13.9. The highest BCUT2D eigenvalue weighted by Crippen LogP contribution is 2.29. The second kappa shape index (κ2) is 10.8. The maximum Gasteiger partial charge on any atom is 0.165 e. The molecule has 0 radical (unpaired) electrons. The zero-order chi connectivity index (χ0) is 23.1. The summed E-state index contributed by atoms with van der Waals surface area (Å²) < 4.78 is 33.5. The van der Waals surface area contributed by atoms with Crippen molar-refractivity contribution in [2.45, 2.75) is 38.0 Å². The van der Waals surface area contributed by atoms with Gasteiger partial charge in [-0.25, -0.2) is 9.37 Å². The topological polar surface area (TPSA) is 48.8 Å². The minimum atomic E-state index is -0.403. The lowest BCUT2D eigenvalue weighted by atomic mass is 9.95. The molecular formula is C26H32FN3O3. The Balaban J connectivity index is 1.29. The Morgan fingerprint density at radius 3 is 2.58 bits per heavy atom. The maximum atomic E-state index is 13.9. The van der Waals surface area contributed by atoms with E-state index in [1.165, 1.54) is 11.6 Å². The zero-order valence-electron chi connectivity index (χ0n) is 19.4. The number of ether oxygens (including phenoxy) is 3. The molecule has 7 heteroatoms. The summed E-state index contributed by atoms with van der Waals surface area (Å²) in [5.41, 5.74) is 0.839. The molecule has 0 N–H and O–H groups in total. The first-order chi connectivity index (χ1) is 16.1. The van der Waals surface area contributed by atoms with Crippen molar-refractivity contribution < 1.29 is 18.6 Å². The molecule has 6 nitrogen and oxygen atoms in total. The highest BCUT2D eigenvalue weighted by Gasteiger charge is 2.34. The van der Waals surface area contributed by atoms with Gasteiger partial charge in [0.2, 0.25) is 0 Å². The molecule has 1 aromatic heterocycles. The van der Waals surface area contributed by atoms with E-state index in [0.717, 1.165) is 50.5 Å². The summed E-state index contributed by atoms with van der Waals surface area (Å²) in [7, 11) is 3.68. The monoisotopic (exact) mass is 453 g/mol. The van der Waals surface area contributed by atoms with Gasteiger partial charge < -0.3 is 18.8 Å². The number of aromatic nitrogens is 2. The van der Waals surface area contributed by atoms with Gasteiger partial charge in [0, 0.05) is 39.6 Å². The number of benzene rings is 2. The van der Waals surface area contributed by atoms with Gasteiger partial charge in [-0.3, -0.25) is 4.90 Å². The molecule has 0 amide bonds. The van der Waals surface area contributed by atoms with E-state index in [-0.39, 0.29) is 11.6 Å². The summed E-state index contributed by atoms with van der Waals surface area (Å²) in [5.74, 6) is 1.66. The molecule has 0 aliphatic carbocycles.